The number of hydrogen-bond donors (Lipinski definition) is 0. The molecule has 0 unspecified atom stereocenters. The van der Waals surface area contributed by atoms with Crippen LogP contribution < -0.4 is 4.43 Å². The topological polar surface area (TPSA) is 18.5 Å². The number of rotatable bonds is 9. The molecule has 0 N–H and O–H groups in total. The van der Waals surface area contributed by atoms with Gasteiger partial charge < -0.3 is 8.85 Å². The van der Waals surface area contributed by atoms with Crippen LogP contribution in [-0.2, 0) is 9.84 Å². The molecule has 142 valence electrons. The second-order valence-corrected chi connectivity index (χ2v) is 11.7. The van der Waals surface area contributed by atoms with Gasteiger partial charge in [0.25, 0.3) is 0 Å². The first-order valence-electron chi connectivity index (χ1n) is 9.70. The lowest BCUT2D eigenvalue weighted by atomic mass is 9.78. The fourth-order valence-electron chi connectivity index (χ4n) is 3.08. The Kier molecular flexibility index (Phi) is 7.07. The molecule has 0 amide bonds. The van der Waals surface area contributed by atoms with E-state index < -0.39 is 8.56 Å². The lowest BCUT2D eigenvalue weighted by Gasteiger charge is -2.27. The highest BCUT2D eigenvalue weighted by atomic mass is 28.4. The molecule has 2 rings (SSSR count). The van der Waals surface area contributed by atoms with Crippen molar-refractivity contribution in [3.8, 4) is 5.75 Å². The van der Waals surface area contributed by atoms with Crippen molar-refractivity contribution in [1.82, 2.24) is 0 Å². The summed E-state index contributed by atoms with van der Waals surface area (Å²) >= 11 is 0. The first-order valence-corrected chi connectivity index (χ1v) is 12.5. The number of hydrogen-bond acceptors (Lipinski definition) is 2. The zero-order valence-electron chi connectivity index (χ0n) is 17.2. The third-order valence-corrected chi connectivity index (χ3v) is 6.44. The molecule has 2 nitrogen and oxygen atoms in total. The van der Waals surface area contributed by atoms with Gasteiger partial charge in [-0.3, -0.25) is 0 Å². The van der Waals surface area contributed by atoms with Crippen LogP contribution in [-0.4, -0.2) is 15.2 Å². The summed E-state index contributed by atoms with van der Waals surface area (Å²) in [5, 5.41) is 0. The van der Waals surface area contributed by atoms with E-state index in [1.807, 2.05) is 0 Å². The highest BCUT2D eigenvalue weighted by Crippen LogP contribution is 2.32. The predicted molar refractivity (Wildman–Crippen MR) is 113 cm³/mol. The smallest absolute Gasteiger partial charge is 0.392 e. The summed E-state index contributed by atoms with van der Waals surface area (Å²) in [5.74, 6) is 1.63. The predicted octanol–water partition coefficient (Wildman–Crippen LogP) is 6.55. The SMILES string of the molecule is CC(C)CCCO[Si](C)(C)Oc1ccc(C(C)(C)c2ccccc2)cc1. The van der Waals surface area contributed by atoms with Crippen molar-refractivity contribution in [2.45, 2.75) is 59.0 Å². The zero-order chi connectivity index (χ0) is 19.2. The average Bonchev–Trinajstić information content (AvgIpc) is 2.59. The molecule has 0 radical (unpaired) electrons. The molecule has 26 heavy (non-hydrogen) atoms. The van der Waals surface area contributed by atoms with Gasteiger partial charge in [0, 0.05) is 12.0 Å². The van der Waals surface area contributed by atoms with Crippen molar-refractivity contribution in [2.75, 3.05) is 6.61 Å². The molecule has 0 saturated carbocycles. The molecule has 0 heterocycles. The van der Waals surface area contributed by atoms with E-state index in [4.69, 9.17) is 8.85 Å². The van der Waals surface area contributed by atoms with Crippen LogP contribution in [0.2, 0.25) is 13.1 Å². The summed E-state index contributed by atoms with van der Waals surface area (Å²) in [4.78, 5) is 0. The van der Waals surface area contributed by atoms with Crippen LogP contribution in [0.4, 0.5) is 0 Å². The van der Waals surface area contributed by atoms with Crippen molar-refractivity contribution in [3.05, 3.63) is 65.7 Å². The molecule has 2 aromatic carbocycles. The van der Waals surface area contributed by atoms with E-state index in [0.717, 1.165) is 24.7 Å². The van der Waals surface area contributed by atoms with Crippen LogP contribution in [0, 0.1) is 5.92 Å². The average molecular weight is 371 g/mol. The van der Waals surface area contributed by atoms with E-state index in [-0.39, 0.29) is 5.41 Å². The maximum atomic E-state index is 6.20. The molecule has 2 aromatic rings. The van der Waals surface area contributed by atoms with Crippen LogP contribution in [0.1, 0.15) is 51.7 Å². The van der Waals surface area contributed by atoms with Crippen LogP contribution in [0.25, 0.3) is 0 Å². The van der Waals surface area contributed by atoms with Crippen molar-refractivity contribution < 1.29 is 8.85 Å². The summed E-state index contributed by atoms with van der Waals surface area (Å²) in [6, 6.07) is 19.1. The van der Waals surface area contributed by atoms with Gasteiger partial charge in [-0.1, -0.05) is 70.2 Å². The lowest BCUT2D eigenvalue weighted by Crippen LogP contribution is -2.38. The molecule has 0 aliphatic rings. The Balaban J connectivity index is 1.98. The van der Waals surface area contributed by atoms with Gasteiger partial charge in [-0.15, -0.1) is 0 Å². The third kappa shape index (κ3) is 5.99. The highest BCUT2D eigenvalue weighted by molar-refractivity contribution is 6.65. The first-order chi connectivity index (χ1) is 12.2. The lowest BCUT2D eigenvalue weighted by molar-refractivity contribution is 0.237. The third-order valence-electron chi connectivity index (χ3n) is 4.81. The molecule has 0 aromatic heterocycles. The standard InChI is InChI=1S/C23H34O2Si/c1-19(2)11-10-18-24-26(5,6)25-22-16-14-21(15-17-22)23(3,4)20-12-8-7-9-13-20/h7-9,12-17,19H,10-11,18H2,1-6H3. The number of benzene rings is 2. The van der Waals surface area contributed by atoms with Gasteiger partial charge in [-0.05, 0) is 55.1 Å². The maximum Gasteiger partial charge on any atom is 0.392 e. The molecule has 0 bridgehead atoms. The Bertz CT molecular complexity index is 660. The van der Waals surface area contributed by atoms with E-state index >= 15 is 0 Å². The Morgan fingerprint density at radius 1 is 0.885 bits per heavy atom. The van der Waals surface area contributed by atoms with Crippen LogP contribution in [0.5, 0.6) is 5.75 Å². The summed E-state index contributed by atoms with van der Waals surface area (Å²) in [6.07, 6.45) is 2.30. The normalized spacial score (nSPS) is 12.4. The second-order valence-electron chi connectivity index (χ2n) is 8.40. The van der Waals surface area contributed by atoms with Crippen molar-refractivity contribution in [1.29, 1.82) is 0 Å². The van der Waals surface area contributed by atoms with E-state index in [2.05, 4.69) is 95.4 Å². The largest absolute Gasteiger partial charge is 0.520 e. The molecule has 0 saturated heterocycles. The molecule has 0 aliphatic heterocycles. The highest BCUT2D eigenvalue weighted by Gasteiger charge is 2.27. The van der Waals surface area contributed by atoms with Gasteiger partial charge in [-0.25, -0.2) is 0 Å². The van der Waals surface area contributed by atoms with Crippen molar-refractivity contribution in [3.63, 3.8) is 0 Å². The molecule has 0 aliphatic carbocycles. The molecular weight excluding hydrogens is 336 g/mol. The fourth-order valence-corrected chi connectivity index (χ4v) is 4.48. The zero-order valence-corrected chi connectivity index (χ0v) is 18.2. The van der Waals surface area contributed by atoms with Crippen LogP contribution in [0.15, 0.2) is 54.6 Å². The van der Waals surface area contributed by atoms with E-state index in [1.54, 1.807) is 0 Å². The fraction of sp³-hybridized carbons (Fsp3) is 0.478. The van der Waals surface area contributed by atoms with Crippen molar-refractivity contribution in [2.24, 2.45) is 5.92 Å². The second kappa shape index (κ2) is 8.87. The minimum atomic E-state index is -2.14. The molecular formula is C23H34O2Si. The van der Waals surface area contributed by atoms with Gasteiger partial charge in [0.1, 0.15) is 5.75 Å². The molecule has 3 heteroatoms. The van der Waals surface area contributed by atoms with Crippen LogP contribution in [0.3, 0.4) is 0 Å². The van der Waals surface area contributed by atoms with Gasteiger partial charge in [-0.2, -0.15) is 0 Å². The molecule has 0 fully saturated rings. The van der Waals surface area contributed by atoms with Gasteiger partial charge in [0.05, 0.1) is 0 Å². The van der Waals surface area contributed by atoms with Gasteiger partial charge in [0.2, 0.25) is 0 Å². The van der Waals surface area contributed by atoms with Gasteiger partial charge in [0.15, 0.2) is 0 Å². The molecule has 0 spiro atoms. The first kappa shape index (κ1) is 20.7. The van der Waals surface area contributed by atoms with E-state index in [1.165, 1.54) is 17.5 Å². The Morgan fingerprint density at radius 3 is 2.04 bits per heavy atom. The summed E-state index contributed by atoms with van der Waals surface area (Å²) in [7, 11) is -2.14. The Morgan fingerprint density at radius 2 is 1.46 bits per heavy atom. The van der Waals surface area contributed by atoms with Crippen LogP contribution >= 0.6 is 0 Å². The quantitative estimate of drug-likeness (QED) is 0.368. The summed E-state index contributed by atoms with van der Waals surface area (Å²) < 4.78 is 12.3. The van der Waals surface area contributed by atoms with Crippen molar-refractivity contribution >= 4 is 8.56 Å². The molecule has 0 atom stereocenters. The monoisotopic (exact) mass is 370 g/mol. The Hall–Kier alpha value is -1.58. The minimum Gasteiger partial charge on any atom is -0.520 e. The maximum absolute atomic E-state index is 6.20. The Labute approximate surface area is 160 Å². The van der Waals surface area contributed by atoms with Gasteiger partial charge >= 0.3 is 8.56 Å². The minimum absolute atomic E-state index is 0.0277. The summed E-state index contributed by atoms with van der Waals surface area (Å²) in [6.45, 7) is 14.0. The van der Waals surface area contributed by atoms with E-state index in [0.29, 0.717) is 0 Å². The summed E-state index contributed by atoms with van der Waals surface area (Å²) in [5.41, 5.74) is 2.57. The van der Waals surface area contributed by atoms with E-state index in [9.17, 15) is 0 Å².